The van der Waals surface area contributed by atoms with Crippen LogP contribution in [0.4, 0.5) is 0 Å². The molecule has 1 aromatic carbocycles. The highest BCUT2D eigenvalue weighted by Gasteiger charge is 2.14. The molecule has 0 N–H and O–H groups in total. The van der Waals surface area contributed by atoms with E-state index in [0.29, 0.717) is 6.10 Å². The maximum absolute atomic E-state index is 5.96. The van der Waals surface area contributed by atoms with Crippen LogP contribution in [0.5, 0.6) is 5.75 Å². The van der Waals surface area contributed by atoms with Gasteiger partial charge in [-0.25, -0.2) is 5.32 Å². The molecule has 3 rings (SSSR count). The molecule has 3 heteroatoms. The van der Waals surface area contributed by atoms with Crippen molar-refractivity contribution in [3.8, 4) is 11.4 Å². The minimum Gasteiger partial charge on any atom is -0.490 e. The molecule has 3 nitrogen and oxygen atoms in total. The predicted molar refractivity (Wildman–Crippen MR) is 71.3 cm³/mol. The van der Waals surface area contributed by atoms with E-state index in [1.165, 1.54) is 0 Å². The number of hydrogen-bond acceptors (Lipinski definition) is 1. The van der Waals surface area contributed by atoms with Gasteiger partial charge in [0.05, 0.1) is 0 Å². The lowest BCUT2D eigenvalue weighted by atomic mass is 10.1. The third kappa shape index (κ3) is 2.57. The molecule has 2 aromatic rings. The third-order valence-electron chi connectivity index (χ3n) is 3.26. The normalized spacial score (nSPS) is 16.7. The van der Waals surface area contributed by atoms with E-state index >= 15 is 0 Å². The first-order valence-electron chi connectivity index (χ1n) is 6.45. The second kappa shape index (κ2) is 5.27. The van der Waals surface area contributed by atoms with Crippen LogP contribution < -0.4 is 10.1 Å². The molecule has 1 radical (unpaired) electrons. The smallest absolute Gasteiger partial charge is 0.119 e. The van der Waals surface area contributed by atoms with Gasteiger partial charge < -0.3 is 9.30 Å². The molecule has 1 saturated heterocycles. The first kappa shape index (κ1) is 11.4. The van der Waals surface area contributed by atoms with Crippen molar-refractivity contribution in [2.75, 3.05) is 13.1 Å². The lowest BCUT2D eigenvalue weighted by Crippen LogP contribution is -2.30. The predicted octanol–water partition coefficient (Wildman–Crippen LogP) is 2.62. The van der Waals surface area contributed by atoms with Gasteiger partial charge in [0.2, 0.25) is 0 Å². The maximum atomic E-state index is 5.96. The lowest BCUT2D eigenvalue weighted by molar-refractivity contribution is 0.161. The SMILES string of the molecule is c1ccn(-c2ccc(OC3CC[N]CC3)cc2)c1. The Morgan fingerprint density at radius 1 is 1.00 bits per heavy atom. The summed E-state index contributed by atoms with van der Waals surface area (Å²) >= 11 is 0. The molecule has 18 heavy (non-hydrogen) atoms. The maximum Gasteiger partial charge on any atom is 0.119 e. The van der Waals surface area contributed by atoms with Crippen molar-refractivity contribution in [3.63, 3.8) is 0 Å². The quantitative estimate of drug-likeness (QED) is 0.812. The van der Waals surface area contributed by atoms with Gasteiger partial charge in [-0.3, -0.25) is 0 Å². The van der Waals surface area contributed by atoms with Crippen LogP contribution in [0, 0.1) is 0 Å². The minimum absolute atomic E-state index is 0.333. The summed E-state index contributed by atoms with van der Waals surface area (Å²) in [5.74, 6) is 0.956. The summed E-state index contributed by atoms with van der Waals surface area (Å²) in [6.07, 6.45) is 6.50. The third-order valence-corrected chi connectivity index (χ3v) is 3.26. The summed E-state index contributed by atoms with van der Waals surface area (Å²) < 4.78 is 8.04. The van der Waals surface area contributed by atoms with Gasteiger partial charge in [-0.1, -0.05) is 0 Å². The van der Waals surface area contributed by atoms with Crippen molar-refractivity contribution in [2.24, 2.45) is 0 Å². The molecule has 0 amide bonds. The molecule has 1 aliphatic heterocycles. The molecule has 0 bridgehead atoms. The Kier molecular flexibility index (Phi) is 3.33. The number of nitrogens with zero attached hydrogens (tertiary/aromatic N) is 2. The number of ether oxygens (including phenoxy) is 1. The summed E-state index contributed by atoms with van der Waals surface area (Å²) in [5.41, 5.74) is 1.16. The average molecular weight is 241 g/mol. The molecule has 1 aromatic heterocycles. The van der Waals surface area contributed by atoms with Crippen LogP contribution >= 0.6 is 0 Å². The van der Waals surface area contributed by atoms with E-state index in [-0.39, 0.29) is 0 Å². The molecule has 0 unspecified atom stereocenters. The van der Waals surface area contributed by atoms with Gasteiger partial charge in [-0.15, -0.1) is 0 Å². The molecule has 1 aliphatic rings. The number of benzene rings is 1. The molecule has 1 fully saturated rings. The Morgan fingerprint density at radius 2 is 1.67 bits per heavy atom. The Morgan fingerprint density at radius 3 is 2.33 bits per heavy atom. The standard InChI is InChI=1S/C15H17N2O/c1-2-12-17(11-1)13-3-5-14(6-4-13)18-15-7-9-16-10-8-15/h1-6,11-12,15H,7-10H2. The van der Waals surface area contributed by atoms with Gasteiger partial charge in [0, 0.05) is 31.2 Å². The Labute approximate surface area is 107 Å². The molecule has 0 saturated carbocycles. The fourth-order valence-electron chi connectivity index (χ4n) is 2.24. The van der Waals surface area contributed by atoms with E-state index in [0.717, 1.165) is 37.4 Å². The number of aromatic nitrogens is 1. The largest absolute Gasteiger partial charge is 0.490 e. The highest BCUT2D eigenvalue weighted by molar-refractivity contribution is 5.37. The zero-order valence-corrected chi connectivity index (χ0v) is 10.3. The van der Waals surface area contributed by atoms with Gasteiger partial charge >= 0.3 is 0 Å². The van der Waals surface area contributed by atoms with Crippen molar-refractivity contribution in [2.45, 2.75) is 18.9 Å². The summed E-state index contributed by atoms with van der Waals surface area (Å²) in [7, 11) is 0. The van der Waals surface area contributed by atoms with Crippen LogP contribution in [0.3, 0.4) is 0 Å². The van der Waals surface area contributed by atoms with Crippen LogP contribution in [0.1, 0.15) is 12.8 Å². The van der Waals surface area contributed by atoms with Crippen LogP contribution in [0.2, 0.25) is 0 Å². The van der Waals surface area contributed by atoms with Gasteiger partial charge in [0.25, 0.3) is 0 Å². The van der Waals surface area contributed by atoms with Gasteiger partial charge in [-0.05, 0) is 49.2 Å². The van der Waals surface area contributed by atoms with E-state index in [4.69, 9.17) is 4.74 Å². The van der Waals surface area contributed by atoms with E-state index < -0.39 is 0 Å². The van der Waals surface area contributed by atoms with E-state index in [1.54, 1.807) is 0 Å². The highest BCUT2D eigenvalue weighted by atomic mass is 16.5. The molecule has 0 atom stereocenters. The zero-order chi connectivity index (χ0) is 12.2. The monoisotopic (exact) mass is 241 g/mol. The van der Waals surface area contributed by atoms with Crippen molar-refractivity contribution in [1.29, 1.82) is 0 Å². The van der Waals surface area contributed by atoms with Crippen LogP contribution in [0.15, 0.2) is 48.8 Å². The second-order valence-corrected chi connectivity index (χ2v) is 4.57. The highest BCUT2D eigenvalue weighted by Crippen LogP contribution is 2.19. The number of hydrogen-bond donors (Lipinski definition) is 0. The van der Waals surface area contributed by atoms with Gasteiger partial charge in [0.1, 0.15) is 11.9 Å². The van der Waals surface area contributed by atoms with Gasteiger partial charge in [-0.2, -0.15) is 0 Å². The van der Waals surface area contributed by atoms with Crippen LogP contribution in [0.25, 0.3) is 5.69 Å². The minimum atomic E-state index is 0.333. The van der Waals surface area contributed by atoms with Crippen molar-refractivity contribution < 1.29 is 4.74 Å². The topological polar surface area (TPSA) is 28.3 Å². The lowest BCUT2D eigenvalue weighted by Gasteiger charge is -2.23. The first-order chi connectivity index (χ1) is 8.92. The molecule has 0 spiro atoms. The fourth-order valence-corrected chi connectivity index (χ4v) is 2.24. The average Bonchev–Trinajstić information content (AvgIpc) is 2.95. The van der Waals surface area contributed by atoms with E-state index in [9.17, 15) is 0 Å². The Hall–Kier alpha value is -1.74. The van der Waals surface area contributed by atoms with Crippen molar-refractivity contribution >= 4 is 0 Å². The number of piperidine rings is 1. The van der Waals surface area contributed by atoms with E-state index in [2.05, 4.69) is 22.0 Å². The second-order valence-electron chi connectivity index (χ2n) is 4.57. The first-order valence-corrected chi connectivity index (χ1v) is 6.45. The summed E-state index contributed by atoms with van der Waals surface area (Å²) in [4.78, 5) is 0. The zero-order valence-electron chi connectivity index (χ0n) is 10.3. The molecule has 0 aliphatic carbocycles. The number of rotatable bonds is 3. The van der Waals surface area contributed by atoms with Crippen LogP contribution in [-0.4, -0.2) is 23.8 Å². The summed E-state index contributed by atoms with van der Waals surface area (Å²) in [6.45, 7) is 1.87. The van der Waals surface area contributed by atoms with Crippen molar-refractivity contribution in [3.05, 3.63) is 48.8 Å². The molecular weight excluding hydrogens is 224 g/mol. The Bertz CT molecular complexity index is 470. The summed E-state index contributed by atoms with van der Waals surface area (Å²) in [6, 6.07) is 12.3. The van der Waals surface area contributed by atoms with E-state index in [1.807, 2.05) is 36.7 Å². The fraction of sp³-hybridized carbons (Fsp3) is 0.333. The van der Waals surface area contributed by atoms with Gasteiger partial charge in [0.15, 0.2) is 0 Å². The van der Waals surface area contributed by atoms with Crippen molar-refractivity contribution in [1.82, 2.24) is 9.88 Å². The molecular formula is C15H17N2O. The Balaban J connectivity index is 1.67. The van der Waals surface area contributed by atoms with Crippen LogP contribution in [-0.2, 0) is 0 Å². The summed E-state index contributed by atoms with van der Waals surface area (Å²) in [5, 5.41) is 4.33. The molecule has 2 heterocycles. The molecule has 93 valence electrons.